The standard InChI is InChI=1S/C13H19NOS/c1-10-5-4-8-12(13(10)14)16(15)9-11-6-2-3-7-11/h4-5,8,11H,2-3,6-7,9,14H2,1H3. The van der Waals surface area contributed by atoms with Gasteiger partial charge in [-0.25, -0.2) is 0 Å². The van der Waals surface area contributed by atoms with Gasteiger partial charge in [0.2, 0.25) is 0 Å². The number of hydrogen-bond acceptors (Lipinski definition) is 2. The summed E-state index contributed by atoms with van der Waals surface area (Å²) in [5.74, 6) is 1.42. The van der Waals surface area contributed by atoms with E-state index >= 15 is 0 Å². The summed E-state index contributed by atoms with van der Waals surface area (Å²) in [5, 5.41) is 0. The van der Waals surface area contributed by atoms with Gasteiger partial charge in [-0.2, -0.15) is 0 Å². The summed E-state index contributed by atoms with van der Waals surface area (Å²) in [4.78, 5) is 0.826. The van der Waals surface area contributed by atoms with Gasteiger partial charge in [0.15, 0.2) is 0 Å². The molecule has 0 heterocycles. The number of rotatable bonds is 3. The Balaban J connectivity index is 2.11. The van der Waals surface area contributed by atoms with Crippen LogP contribution in [-0.4, -0.2) is 9.96 Å². The van der Waals surface area contributed by atoms with Crippen LogP contribution >= 0.6 is 0 Å². The molecule has 2 nitrogen and oxygen atoms in total. The molecule has 0 spiro atoms. The maximum Gasteiger partial charge on any atom is 0.0620 e. The summed E-state index contributed by atoms with van der Waals surface area (Å²) in [6.07, 6.45) is 5.06. The lowest BCUT2D eigenvalue weighted by molar-refractivity contribution is 0.604. The summed E-state index contributed by atoms with van der Waals surface area (Å²) in [7, 11) is -0.920. The zero-order valence-electron chi connectivity index (χ0n) is 9.74. The molecule has 0 radical (unpaired) electrons. The summed E-state index contributed by atoms with van der Waals surface area (Å²) >= 11 is 0. The third-order valence-electron chi connectivity index (χ3n) is 3.39. The predicted molar refractivity (Wildman–Crippen MR) is 68.8 cm³/mol. The molecule has 0 bridgehead atoms. The predicted octanol–water partition coefficient (Wildman–Crippen LogP) is 2.88. The lowest BCUT2D eigenvalue weighted by Gasteiger charge is -2.11. The van der Waals surface area contributed by atoms with E-state index in [4.69, 9.17) is 5.73 Å². The molecule has 0 aliphatic heterocycles. The van der Waals surface area contributed by atoms with Crippen molar-refractivity contribution in [3.63, 3.8) is 0 Å². The normalized spacial score (nSPS) is 18.8. The van der Waals surface area contributed by atoms with Crippen molar-refractivity contribution in [1.82, 2.24) is 0 Å². The van der Waals surface area contributed by atoms with Crippen molar-refractivity contribution in [3.8, 4) is 0 Å². The molecule has 2 N–H and O–H groups in total. The highest BCUT2D eigenvalue weighted by Crippen LogP contribution is 2.28. The van der Waals surface area contributed by atoms with Crippen LogP contribution in [0.25, 0.3) is 0 Å². The number of benzene rings is 1. The molecule has 88 valence electrons. The molecule has 0 saturated heterocycles. The second-order valence-corrected chi connectivity index (χ2v) is 6.11. The van der Waals surface area contributed by atoms with E-state index in [-0.39, 0.29) is 0 Å². The van der Waals surface area contributed by atoms with Crippen LogP contribution < -0.4 is 5.73 Å². The molecule has 2 rings (SSSR count). The van der Waals surface area contributed by atoms with Crippen LogP contribution in [0.1, 0.15) is 31.2 Å². The first kappa shape index (κ1) is 11.6. The molecule has 1 fully saturated rings. The zero-order valence-corrected chi connectivity index (χ0v) is 10.6. The van der Waals surface area contributed by atoms with Gasteiger partial charge in [-0.3, -0.25) is 4.21 Å². The SMILES string of the molecule is Cc1cccc(S(=O)CC2CCCC2)c1N. The van der Waals surface area contributed by atoms with E-state index in [1.807, 2.05) is 25.1 Å². The first-order chi connectivity index (χ1) is 7.68. The molecule has 16 heavy (non-hydrogen) atoms. The topological polar surface area (TPSA) is 43.1 Å². The van der Waals surface area contributed by atoms with E-state index in [9.17, 15) is 4.21 Å². The molecule has 0 amide bonds. The number of nitrogen functional groups attached to an aromatic ring is 1. The van der Waals surface area contributed by atoms with Crippen molar-refractivity contribution in [2.75, 3.05) is 11.5 Å². The maximum atomic E-state index is 12.2. The highest BCUT2D eigenvalue weighted by atomic mass is 32.2. The molecule has 1 saturated carbocycles. The fourth-order valence-corrected chi connectivity index (χ4v) is 3.91. The van der Waals surface area contributed by atoms with Gasteiger partial charge in [0.05, 0.1) is 21.4 Å². The number of hydrogen-bond donors (Lipinski definition) is 1. The fourth-order valence-electron chi connectivity index (χ4n) is 2.33. The minimum Gasteiger partial charge on any atom is -0.398 e. The Morgan fingerprint density at radius 1 is 1.38 bits per heavy atom. The van der Waals surface area contributed by atoms with Crippen LogP contribution in [0.3, 0.4) is 0 Å². The average molecular weight is 237 g/mol. The third-order valence-corrected chi connectivity index (χ3v) is 5.01. The Bertz CT molecular complexity index is 397. The monoisotopic (exact) mass is 237 g/mol. The first-order valence-corrected chi connectivity index (χ1v) is 7.24. The third kappa shape index (κ3) is 2.46. The Morgan fingerprint density at radius 3 is 2.75 bits per heavy atom. The van der Waals surface area contributed by atoms with Crippen LogP contribution in [0.2, 0.25) is 0 Å². The van der Waals surface area contributed by atoms with Crippen molar-refractivity contribution in [2.24, 2.45) is 5.92 Å². The molecule has 1 aliphatic rings. The minimum absolute atomic E-state index is 0.640. The molecule has 1 atom stereocenters. The van der Waals surface area contributed by atoms with Gasteiger partial charge < -0.3 is 5.73 Å². The average Bonchev–Trinajstić information content (AvgIpc) is 2.74. The summed E-state index contributed by atoms with van der Waals surface area (Å²) < 4.78 is 12.2. The van der Waals surface area contributed by atoms with Crippen molar-refractivity contribution >= 4 is 16.5 Å². The summed E-state index contributed by atoms with van der Waals surface area (Å²) in [5.41, 5.74) is 7.70. The van der Waals surface area contributed by atoms with E-state index in [1.54, 1.807) is 0 Å². The van der Waals surface area contributed by atoms with Gasteiger partial charge in [-0.1, -0.05) is 25.0 Å². The molecular formula is C13H19NOS. The van der Waals surface area contributed by atoms with Crippen molar-refractivity contribution in [2.45, 2.75) is 37.5 Å². The first-order valence-electron chi connectivity index (χ1n) is 5.92. The Labute approximate surface area is 99.7 Å². The number of anilines is 1. The van der Waals surface area contributed by atoms with Gasteiger partial charge in [0.1, 0.15) is 0 Å². The summed E-state index contributed by atoms with van der Waals surface area (Å²) in [6.45, 7) is 1.96. The highest BCUT2D eigenvalue weighted by molar-refractivity contribution is 7.85. The number of aryl methyl sites for hydroxylation is 1. The maximum absolute atomic E-state index is 12.2. The highest BCUT2D eigenvalue weighted by Gasteiger charge is 2.19. The molecule has 1 aliphatic carbocycles. The van der Waals surface area contributed by atoms with Gasteiger partial charge in [0.25, 0.3) is 0 Å². The zero-order chi connectivity index (χ0) is 11.5. The van der Waals surface area contributed by atoms with E-state index in [1.165, 1.54) is 25.7 Å². The van der Waals surface area contributed by atoms with Crippen LogP contribution in [0.15, 0.2) is 23.1 Å². The van der Waals surface area contributed by atoms with Gasteiger partial charge >= 0.3 is 0 Å². The second-order valence-electron chi connectivity index (χ2n) is 4.65. The van der Waals surface area contributed by atoms with Crippen LogP contribution in [0.5, 0.6) is 0 Å². The Morgan fingerprint density at radius 2 is 2.06 bits per heavy atom. The Hall–Kier alpha value is -0.830. The molecule has 1 aromatic rings. The lowest BCUT2D eigenvalue weighted by atomic mass is 10.1. The lowest BCUT2D eigenvalue weighted by Crippen LogP contribution is -2.10. The largest absolute Gasteiger partial charge is 0.398 e. The second kappa shape index (κ2) is 5.00. The van der Waals surface area contributed by atoms with Gasteiger partial charge in [-0.15, -0.1) is 0 Å². The molecular weight excluding hydrogens is 218 g/mol. The van der Waals surface area contributed by atoms with Crippen molar-refractivity contribution in [3.05, 3.63) is 23.8 Å². The molecule has 1 unspecified atom stereocenters. The molecule has 3 heteroatoms. The van der Waals surface area contributed by atoms with Crippen molar-refractivity contribution < 1.29 is 4.21 Å². The van der Waals surface area contributed by atoms with Crippen LogP contribution in [-0.2, 0) is 10.8 Å². The Kier molecular flexibility index (Phi) is 3.64. The van der Waals surface area contributed by atoms with E-state index in [2.05, 4.69) is 0 Å². The molecule has 0 aromatic heterocycles. The van der Waals surface area contributed by atoms with Crippen molar-refractivity contribution in [1.29, 1.82) is 0 Å². The number of para-hydroxylation sites is 1. The van der Waals surface area contributed by atoms with Crippen LogP contribution in [0, 0.1) is 12.8 Å². The minimum atomic E-state index is -0.920. The molecule has 1 aromatic carbocycles. The quantitative estimate of drug-likeness (QED) is 0.821. The smallest absolute Gasteiger partial charge is 0.0620 e. The van der Waals surface area contributed by atoms with Crippen LogP contribution in [0.4, 0.5) is 5.69 Å². The fraction of sp³-hybridized carbons (Fsp3) is 0.538. The van der Waals surface area contributed by atoms with E-state index < -0.39 is 10.8 Å². The van der Waals surface area contributed by atoms with E-state index in [0.29, 0.717) is 11.6 Å². The number of nitrogens with two attached hydrogens (primary N) is 1. The van der Waals surface area contributed by atoms with Gasteiger partial charge in [0, 0.05) is 5.75 Å². The van der Waals surface area contributed by atoms with E-state index in [0.717, 1.165) is 16.2 Å². The van der Waals surface area contributed by atoms with Gasteiger partial charge in [-0.05, 0) is 37.3 Å². The summed E-state index contributed by atoms with van der Waals surface area (Å²) in [6, 6.07) is 5.80.